The molecule has 0 spiro atoms. The number of primary amides is 1. The van der Waals surface area contributed by atoms with Crippen LogP contribution in [0.2, 0.25) is 0 Å². The maximum absolute atomic E-state index is 12.0. The standard InChI is InChI=1S/C16H28N3O4S/c1-18(13-5-8-24(22,23)11-13)9-14(20)10-19-12-3-2-6-16(19,7-4-12)15(17)21/h2,12-14,20H,3-11H2,1H3,(H2,17,21)/t12-,13-,14?,16+/m1/s1. The van der Waals surface area contributed by atoms with Crippen molar-refractivity contribution in [2.75, 3.05) is 31.6 Å². The normalized spacial score (nSPS) is 37.0. The van der Waals surface area contributed by atoms with Crippen LogP contribution in [0.4, 0.5) is 0 Å². The highest BCUT2D eigenvalue weighted by molar-refractivity contribution is 7.91. The molecule has 0 saturated carbocycles. The number of piperidine rings is 1. The largest absolute Gasteiger partial charge is 0.390 e. The number of β-amino-alcohol motifs (C(OH)–C–C–N with tert-alkyl or cyclic N) is 1. The number of carbonyl (C=O) groups is 1. The second-order valence-electron chi connectivity index (χ2n) is 7.62. The van der Waals surface area contributed by atoms with E-state index in [9.17, 15) is 18.3 Å². The fraction of sp³-hybridized carbons (Fsp3) is 0.875. The Kier molecular flexibility index (Phi) is 4.94. The molecule has 4 atom stereocenters. The van der Waals surface area contributed by atoms with Crippen molar-refractivity contribution in [1.29, 1.82) is 0 Å². The van der Waals surface area contributed by atoms with Gasteiger partial charge in [-0.05, 0) is 45.6 Å². The maximum atomic E-state index is 12.0. The van der Waals surface area contributed by atoms with Crippen LogP contribution in [-0.4, -0.2) is 84.6 Å². The second kappa shape index (κ2) is 6.55. The van der Waals surface area contributed by atoms with Crippen molar-refractivity contribution in [1.82, 2.24) is 9.80 Å². The molecule has 3 aliphatic heterocycles. The number of amides is 1. The van der Waals surface area contributed by atoms with E-state index < -0.39 is 21.5 Å². The molecule has 24 heavy (non-hydrogen) atoms. The Morgan fingerprint density at radius 3 is 2.88 bits per heavy atom. The Bertz CT molecular complexity index is 592. The zero-order valence-corrected chi connectivity index (χ0v) is 15.0. The quantitative estimate of drug-likeness (QED) is 0.641. The fourth-order valence-corrected chi connectivity index (χ4v) is 6.42. The van der Waals surface area contributed by atoms with E-state index in [0.29, 0.717) is 25.9 Å². The third kappa shape index (κ3) is 3.34. The zero-order chi connectivity index (χ0) is 17.5. The number of fused-ring (bicyclic) bond motifs is 2. The first-order valence-corrected chi connectivity index (χ1v) is 10.5. The number of aliphatic hydroxyl groups is 1. The zero-order valence-electron chi connectivity index (χ0n) is 14.2. The van der Waals surface area contributed by atoms with Gasteiger partial charge in [-0.25, -0.2) is 8.42 Å². The number of carbonyl (C=O) groups excluding carboxylic acids is 1. The summed E-state index contributed by atoms with van der Waals surface area (Å²) in [7, 11) is -1.07. The summed E-state index contributed by atoms with van der Waals surface area (Å²) in [5.41, 5.74) is 5.04. The van der Waals surface area contributed by atoms with Gasteiger partial charge in [0.05, 0.1) is 17.6 Å². The summed E-state index contributed by atoms with van der Waals surface area (Å²) in [6, 6.07) is 0.249. The fourth-order valence-electron chi connectivity index (χ4n) is 4.61. The highest BCUT2D eigenvalue weighted by Crippen LogP contribution is 2.43. The minimum absolute atomic E-state index is 0.0267. The average molecular weight is 358 g/mol. The van der Waals surface area contributed by atoms with Crippen molar-refractivity contribution >= 4 is 15.7 Å². The maximum Gasteiger partial charge on any atom is 0.237 e. The number of rotatable bonds is 6. The van der Waals surface area contributed by atoms with Crippen LogP contribution in [0, 0.1) is 6.42 Å². The van der Waals surface area contributed by atoms with E-state index in [2.05, 4.69) is 11.3 Å². The highest BCUT2D eigenvalue weighted by atomic mass is 32.2. The molecule has 8 heteroatoms. The molecule has 1 radical (unpaired) electrons. The van der Waals surface area contributed by atoms with Crippen LogP contribution in [0.25, 0.3) is 0 Å². The third-order valence-electron chi connectivity index (χ3n) is 6.00. The topological polar surface area (TPSA) is 104 Å². The summed E-state index contributed by atoms with van der Waals surface area (Å²) in [6.45, 7) is 0.813. The van der Waals surface area contributed by atoms with Crippen molar-refractivity contribution in [3.8, 4) is 0 Å². The van der Waals surface area contributed by atoms with E-state index in [0.717, 1.165) is 19.3 Å². The van der Waals surface area contributed by atoms with E-state index in [-0.39, 0.29) is 29.5 Å². The number of nitrogens with zero attached hydrogens (tertiary/aromatic N) is 2. The second-order valence-corrected chi connectivity index (χ2v) is 9.85. The van der Waals surface area contributed by atoms with E-state index in [1.807, 2.05) is 11.9 Å². The molecule has 0 aromatic heterocycles. The molecule has 3 rings (SSSR count). The van der Waals surface area contributed by atoms with E-state index in [1.54, 1.807) is 0 Å². The molecule has 3 saturated heterocycles. The van der Waals surface area contributed by atoms with E-state index >= 15 is 0 Å². The number of sulfone groups is 1. The number of hydrogen-bond donors (Lipinski definition) is 2. The molecule has 3 fully saturated rings. The van der Waals surface area contributed by atoms with Crippen LogP contribution >= 0.6 is 0 Å². The van der Waals surface area contributed by atoms with Gasteiger partial charge in [0.25, 0.3) is 0 Å². The minimum atomic E-state index is -2.93. The first kappa shape index (κ1) is 18.1. The van der Waals surface area contributed by atoms with Gasteiger partial charge in [-0.2, -0.15) is 0 Å². The number of likely N-dealkylation sites (N-methyl/N-ethyl adjacent to an activating group) is 1. The Morgan fingerprint density at radius 1 is 1.50 bits per heavy atom. The van der Waals surface area contributed by atoms with Gasteiger partial charge >= 0.3 is 0 Å². The van der Waals surface area contributed by atoms with Gasteiger partial charge in [0.2, 0.25) is 5.91 Å². The predicted molar refractivity (Wildman–Crippen MR) is 90.9 cm³/mol. The molecule has 0 aromatic carbocycles. The van der Waals surface area contributed by atoms with Crippen molar-refractivity contribution in [2.24, 2.45) is 5.73 Å². The summed E-state index contributed by atoms with van der Waals surface area (Å²) in [4.78, 5) is 16.1. The van der Waals surface area contributed by atoms with Crippen molar-refractivity contribution in [3.05, 3.63) is 6.42 Å². The first-order chi connectivity index (χ1) is 11.2. The van der Waals surface area contributed by atoms with Gasteiger partial charge in [-0.3, -0.25) is 14.6 Å². The summed E-state index contributed by atoms with van der Waals surface area (Å²) in [6.07, 6.45) is 5.41. The molecule has 137 valence electrons. The Balaban J connectivity index is 1.60. The smallest absolute Gasteiger partial charge is 0.237 e. The molecule has 0 aliphatic carbocycles. The van der Waals surface area contributed by atoms with Crippen LogP contribution in [-0.2, 0) is 14.6 Å². The SMILES string of the molecule is CN(CC(O)CN1[C@@H]2C[CH]C[C@@]1(C(N)=O)CC2)[C@@H]1CCS(=O)(=O)C1. The van der Waals surface area contributed by atoms with Crippen molar-refractivity contribution in [3.63, 3.8) is 0 Å². The molecule has 2 bridgehead atoms. The molecule has 1 amide bonds. The van der Waals surface area contributed by atoms with Gasteiger partial charge in [0.15, 0.2) is 9.84 Å². The summed E-state index contributed by atoms with van der Waals surface area (Å²) in [5, 5.41) is 10.5. The van der Waals surface area contributed by atoms with Gasteiger partial charge in [-0.1, -0.05) is 0 Å². The summed E-state index contributed by atoms with van der Waals surface area (Å²) < 4.78 is 23.2. The third-order valence-corrected chi connectivity index (χ3v) is 7.75. The monoisotopic (exact) mass is 358 g/mol. The Hall–Kier alpha value is -0.700. The van der Waals surface area contributed by atoms with Gasteiger partial charge < -0.3 is 10.8 Å². The van der Waals surface area contributed by atoms with Crippen LogP contribution in [0.1, 0.15) is 32.1 Å². The van der Waals surface area contributed by atoms with Crippen molar-refractivity contribution in [2.45, 2.75) is 55.8 Å². The van der Waals surface area contributed by atoms with Crippen LogP contribution in [0.15, 0.2) is 0 Å². The van der Waals surface area contributed by atoms with Crippen LogP contribution in [0.5, 0.6) is 0 Å². The molecule has 1 unspecified atom stereocenters. The van der Waals surface area contributed by atoms with E-state index in [4.69, 9.17) is 5.73 Å². The predicted octanol–water partition coefficient (Wildman–Crippen LogP) is -0.847. The lowest BCUT2D eigenvalue weighted by molar-refractivity contribution is -0.131. The molecular weight excluding hydrogens is 330 g/mol. The number of nitrogens with two attached hydrogens (primary N) is 1. The molecule has 0 aromatic rings. The number of hydrogen-bond acceptors (Lipinski definition) is 6. The van der Waals surface area contributed by atoms with E-state index in [1.165, 1.54) is 0 Å². The van der Waals surface area contributed by atoms with Crippen LogP contribution < -0.4 is 5.73 Å². The highest BCUT2D eigenvalue weighted by Gasteiger charge is 2.53. The lowest BCUT2D eigenvalue weighted by Crippen LogP contribution is -2.60. The lowest BCUT2D eigenvalue weighted by atomic mass is 9.87. The molecule has 7 nitrogen and oxygen atoms in total. The first-order valence-electron chi connectivity index (χ1n) is 8.70. The summed E-state index contributed by atoms with van der Waals surface area (Å²) >= 11 is 0. The lowest BCUT2D eigenvalue weighted by Gasteiger charge is -2.43. The number of aliphatic hydroxyl groups excluding tert-OH is 1. The molecule has 3 heterocycles. The average Bonchev–Trinajstić information content (AvgIpc) is 2.93. The van der Waals surface area contributed by atoms with Gasteiger partial charge in [-0.15, -0.1) is 0 Å². The molecular formula is C16H28N3O4S. The molecule has 3 aliphatic rings. The van der Waals surface area contributed by atoms with Gasteiger partial charge in [0.1, 0.15) is 5.54 Å². The molecule has 3 N–H and O–H groups in total. The minimum Gasteiger partial charge on any atom is -0.390 e. The summed E-state index contributed by atoms with van der Waals surface area (Å²) in [5.74, 6) is 0.0961. The Morgan fingerprint density at radius 2 is 2.25 bits per heavy atom. The van der Waals surface area contributed by atoms with Gasteiger partial charge in [0, 0.05) is 25.2 Å². The van der Waals surface area contributed by atoms with Crippen molar-refractivity contribution < 1.29 is 18.3 Å². The Labute approximate surface area is 144 Å². The van der Waals surface area contributed by atoms with Crippen LogP contribution in [0.3, 0.4) is 0 Å².